The molecule has 1 amide bonds. The van der Waals surface area contributed by atoms with Crippen molar-refractivity contribution in [1.82, 2.24) is 15.0 Å². The summed E-state index contributed by atoms with van der Waals surface area (Å²) in [5, 5.41) is 3.68. The number of likely N-dealkylation sites (tertiary alicyclic amines) is 1. The molecule has 1 atom stereocenters. The second kappa shape index (κ2) is 5.88. The van der Waals surface area contributed by atoms with E-state index in [1.54, 1.807) is 6.92 Å². The average Bonchev–Trinajstić information content (AvgIpc) is 3.14. The number of halogens is 4. The molecule has 0 radical (unpaired) electrons. The van der Waals surface area contributed by atoms with E-state index in [0.29, 0.717) is 36.8 Å². The van der Waals surface area contributed by atoms with Gasteiger partial charge in [0.25, 0.3) is 5.91 Å². The first-order valence-electron chi connectivity index (χ1n) is 7.22. The van der Waals surface area contributed by atoms with E-state index in [1.165, 1.54) is 4.90 Å². The number of hydrogen-bond acceptors (Lipinski definition) is 4. The molecule has 9 heteroatoms. The van der Waals surface area contributed by atoms with Crippen molar-refractivity contribution in [2.75, 3.05) is 13.1 Å². The van der Waals surface area contributed by atoms with E-state index in [9.17, 15) is 22.4 Å². The highest BCUT2D eigenvalue weighted by atomic mass is 19.4. The molecule has 1 saturated heterocycles. The topological polar surface area (TPSA) is 59.2 Å². The molecular weight excluding hydrogens is 330 g/mol. The van der Waals surface area contributed by atoms with Gasteiger partial charge in [-0.05, 0) is 31.5 Å². The highest BCUT2D eigenvalue weighted by Crippen LogP contribution is 2.33. The lowest BCUT2D eigenvalue weighted by Crippen LogP contribution is -2.29. The highest BCUT2D eigenvalue weighted by molar-refractivity contribution is 5.94. The van der Waals surface area contributed by atoms with Crippen molar-refractivity contribution < 1.29 is 26.9 Å². The number of nitrogens with zero attached hydrogens (tertiary/aromatic N) is 3. The Kier molecular flexibility index (Phi) is 4.02. The number of carbonyl (C=O) groups excluding carboxylic acids is 1. The first-order chi connectivity index (χ1) is 11.3. The molecule has 1 aliphatic heterocycles. The lowest BCUT2D eigenvalue weighted by Gasteiger charge is -2.17. The second-order valence-corrected chi connectivity index (χ2v) is 5.61. The molecule has 0 aliphatic carbocycles. The van der Waals surface area contributed by atoms with Crippen LogP contribution in [0.15, 0.2) is 22.7 Å². The minimum absolute atomic E-state index is 0.155. The third-order valence-electron chi connectivity index (χ3n) is 3.89. The maximum absolute atomic E-state index is 13.3. The highest BCUT2D eigenvalue weighted by Gasteiger charge is 2.36. The molecule has 1 aromatic heterocycles. The van der Waals surface area contributed by atoms with Crippen LogP contribution in [-0.2, 0) is 6.18 Å². The van der Waals surface area contributed by atoms with Gasteiger partial charge in [0.1, 0.15) is 5.82 Å². The first kappa shape index (κ1) is 16.4. The number of aromatic nitrogens is 2. The van der Waals surface area contributed by atoms with E-state index in [4.69, 9.17) is 4.52 Å². The summed E-state index contributed by atoms with van der Waals surface area (Å²) in [4.78, 5) is 17.9. The molecule has 0 bridgehead atoms. The molecule has 0 spiro atoms. The van der Waals surface area contributed by atoms with Gasteiger partial charge in [-0.2, -0.15) is 18.2 Å². The van der Waals surface area contributed by atoms with Gasteiger partial charge in [0.2, 0.25) is 5.89 Å². The van der Waals surface area contributed by atoms with E-state index >= 15 is 0 Å². The Hall–Kier alpha value is -2.45. The fourth-order valence-electron chi connectivity index (χ4n) is 2.68. The maximum atomic E-state index is 13.3. The zero-order valence-electron chi connectivity index (χ0n) is 12.6. The second-order valence-electron chi connectivity index (χ2n) is 5.61. The lowest BCUT2D eigenvalue weighted by atomic mass is 10.1. The minimum atomic E-state index is -4.85. The van der Waals surface area contributed by atoms with Crippen LogP contribution >= 0.6 is 0 Å². The van der Waals surface area contributed by atoms with Gasteiger partial charge in [-0.15, -0.1) is 0 Å². The van der Waals surface area contributed by atoms with Gasteiger partial charge in [-0.25, -0.2) is 4.39 Å². The molecule has 5 nitrogen and oxygen atoms in total. The number of aryl methyl sites for hydroxylation is 1. The van der Waals surface area contributed by atoms with Crippen LogP contribution in [-0.4, -0.2) is 34.0 Å². The first-order valence-corrected chi connectivity index (χ1v) is 7.22. The molecule has 1 fully saturated rings. The van der Waals surface area contributed by atoms with Crippen molar-refractivity contribution in [3.05, 3.63) is 46.9 Å². The van der Waals surface area contributed by atoms with Crippen molar-refractivity contribution in [1.29, 1.82) is 0 Å². The summed E-state index contributed by atoms with van der Waals surface area (Å²) in [6.45, 7) is 2.28. The third kappa shape index (κ3) is 3.10. The van der Waals surface area contributed by atoms with Crippen LogP contribution in [0, 0.1) is 12.7 Å². The zero-order chi connectivity index (χ0) is 17.5. The summed E-state index contributed by atoms with van der Waals surface area (Å²) in [7, 11) is 0. The van der Waals surface area contributed by atoms with Gasteiger partial charge in [-0.1, -0.05) is 5.16 Å². The Bertz CT molecular complexity index is 772. The summed E-state index contributed by atoms with van der Waals surface area (Å²) in [5.74, 6) is -1.27. The maximum Gasteiger partial charge on any atom is 0.419 e. The fourth-order valence-corrected chi connectivity index (χ4v) is 2.68. The van der Waals surface area contributed by atoms with Crippen molar-refractivity contribution >= 4 is 5.91 Å². The van der Waals surface area contributed by atoms with Crippen molar-refractivity contribution in [3.8, 4) is 0 Å². The molecule has 0 saturated carbocycles. The third-order valence-corrected chi connectivity index (χ3v) is 3.89. The molecule has 128 valence electrons. The van der Waals surface area contributed by atoms with E-state index in [-0.39, 0.29) is 18.0 Å². The normalized spacial score (nSPS) is 18.2. The lowest BCUT2D eigenvalue weighted by molar-refractivity contribution is -0.140. The van der Waals surface area contributed by atoms with E-state index in [2.05, 4.69) is 10.1 Å². The number of amides is 1. The van der Waals surface area contributed by atoms with Gasteiger partial charge >= 0.3 is 6.18 Å². The van der Waals surface area contributed by atoms with E-state index < -0.39 is 23.5 Å². The molecule has 0 N–H and O–H groups in total. The quantitative estimate of drug-likeness (QED) is 0.786. The van der Waals surface area contributed by atoms with Crippen LogP contribution in [0.4, 0.5) is 17.6 Å². The molecule has 1 aromatic carbocycles. The average molecular weight is 343 g/mol. The Morgan fingerprint density at radius 1 is 1.38 bits per heavy atom. The minimum Gasteiger partial charge on any atom is -0.339 e. The molecule has 1 aliphatic rings. The molecule has 0 unspecified atom stereocenters. The number of rotatable bonds is 2. The Morgan fingerprint density at radius 2 is 2.12 bits per heavy atom. The number of benzene rings is 1. The molecule has 3 rings (SSSR count). The number of hydrogen-bond donors (Lipinski definition) is 0. The predicted octanol–water partition coefficient (Wildman–Crippen LogP) is 3.17. The molecule has 2 aromatic rings. The SMILES string of the molecule is Cc1noc([C@H]2CCN(C(=O)c3ccc(F)c(C(F)(F)F)c3)C2)n1. The number of carbonyl (C=O) groups is 1. The van der Waals surface area contributed by atoms with Gasteiger partial charge < -0.3 is 9.42 Å². The number of alkyl halides is 3. The fraction of sp³-hybridized carbons (Fsp3) is 0.400. The predicted molar refractivity (Wildman–Crippen MR) is 73.7 cm³/mol. The summed E-state index contributed by atoms with van der Waals surface area (Å²) in [6.07, 6.45) is -4.28. The van der Waals surface area contributed by atoms with E-state index in [1.807, 2.05) is 0 Å². The monoisotopic (exact) mass is 343 g/mol. The van der Waals surface area contributed by atoms with Crippen LogP contribution in [0.3, 0.4) is 0 Å². The van der Waals surface area contributed by atoms with Gasteiger partial charge in [0.05, 0.1) is 11.5 Å². The summed E-state index contributed by atoms with van der Waals surface area (Å²) in [5.41, 5.74) is -1.65. The Labute approximate surface area is 134 Å². The Morgan fingerprint density at radius 3 is 2.75 bits per heavy atom. The largest absolute Gasteiger partial charge is 0.419 e. The molecule has 2 heterocycles. The smallest absolute Gasteiger partial charge is 0.339 e. The van der Waals surface area contributed by atoms with Gasteiger partial charge in [0.15, 0.2) is 5.82 Å². The molecule has 24 heavy (non-hydrogen) atoms. The van der Waals surface area contributed by atoms with Crippen LogP contribution in [0.1, 0.15) is 40.0 Å². The summed E-state index contributed by atoms with van der Waals surface area (Å²) in [6, 6.07) is 2.25. The standard InChI is InChI=1S/C15H13F4N3O2/c1-8-20-13(24-21-8)10-4-5-22(7-10)14(23)9-2-3-12(16)11(6-9)15(17,18)19/h2-3,6,10H,4-5,7H2,1H3/t10-/m0/s1. The van der Waals surface area contributed by atoms with Crippen LogP contribution in [0.2, 0.25) is 0 Å². The summed E-state index contributed by atoms with van der Waals surface area (Å²) < 4.78 is 56.7. The van der Waals surface area contributed by atoms with E-state index in [0.717, 1.165) is 6.07 Å². The Balaban J connectivity index is 1.78. The molecular formula is C15H13F4N3O2. The van der Waals surface area contributed by atoms with Gasteiger partial charge in [0, 0.05) is 18.7 Å². The van der Waals surface area contributed by atoms with Crippen molar-refractivity contribution in [2.24, 2.45) is 0 Å². The van der Waals surface area contributed by atoms with Crippen LogP contribution in [0.5, 0.6) is 0 Å². The van der Waals surface area contributed by atoms with Crippen LogP contribution < -0.4 is 0 Å². The summed E-state index contributed by atoms with van der Waals surface area (Å²) >= 11 is 0. The zero-order valence-corrected chi connectivity index (χ0v) is 12.6. The van der Waals surface area contributed by atoms with Crippen molar-refractivity contribution in [2.45, 2.75) is 25.4 Å². The van der Waals surface area contributed by atoms with Crippen molar-refractivity contribution in [3.63, 3.8) is 0 Å². The van der Waals surface area contributed by atoms with Crippen LogP contribution in [0.25, 0.3) is 0 Å². The van der Waals surface area contributed by atoms with Gasteiger partial charge in [-0.3, -0.25) is 4.79 Å².